The molecule has 1 aliphatic rings. The lowest BCUT2D eigenvalue weighted by Gasteiger charge is -2.35. The minimum Gasteiger partial charge on any atom is -0.328 e. The maximum absolute atomic E-state index is 6.15. The Labute approximate surface area is 133 Å². The Morgan fingerprint density at radius 3 is 2.55 bits per heavy atom. The third kappa shape index (κ3) is 3.18. The zero-order valence-corrected chi connectivity index (χ0v) is 14.0. The van der Waals surface area contributed by atoms with E-state index in [1.807, 2.05) is 0 Å². The van der Waals surface area contributed by atoms with Crippen molar-refractivity contribution >= 4 is 11.0 Å². The largest absolute Gasteiger partial charge is 0.328 e. The second kappa shape index (κ2) is 6.01. The molecular formula is C18H28N4. The predicted octanol–water partition coefficient (Wildman–Crippen LogP) is 2.97. The number of benzene rings is 1. The van der Waals surface area contributed by atoms with Crippen LogP contribution in [0.1, 0.15) is 45.4 Å². The van der Waals surface area contributed by atoms with E-state index in [0.717, 1.165) is 31.7 Å². The summed E-state index contributed by atoms with van der Waals surface area (Å²) in [7, 11) is 0. The lowest BCUT2D eigenvalue weighted by atomic mass is 9.94. The number of likely N-dealkylation sites (tertiary alicyclic amines) is 1. The highest BCUT2D eigenvalue weighted by Gasteiger charge is 2.27. The molecule has 0 saturated carbocycles. The molecule has 0 bridgehead atoms. The topological polar surface area (TPSA) is 47.1 Å². The molecule has 1 aromatic carbocycles. The van der Waals surface area contributed by atoms with Crippen molar-refractivity contribution < 1.29 is 0 Å². The second-order valence-corrected chi connectivity index (χ2v) is 7.24. The molecule has 2 aromatic rings. The number of nitrogens with zero attached hydrogens (tertiary/aromatic N) is 3. The summed E-state index contributed by atoms with van der Waals surface area (Å²) in [5.41, 5.74) is 8.44. The van der Waals surface area contributed by atoms with E-state index < -0.39 is 0 Å². The van der Waals surface area contributed by atoms with Gasteiger partial charge in [0, 0.05) is 24.5 Å². The molecule has 1 fully saturated rings. The van der Waals surface area contributed by atoms with Crippen LogP contribution in [0.3, 0.4) is 0 Å². The fourth-order valence-corrected chi connectivity index (χ4v) is 3.66. The van der Waals surface area contributed by atoms with E-state index in [4.69, 9.17) is 10.7 Å². The van der Waals surface area contributed by atoms with Crippen molar-refractivity contribution in [2.45, 2.75) is 51.6 Å². The molecular weight excluding hydrogens is 272 g/mol. The van der Waals surface area contributed by atoms with Gasteiger partial charge in [-0.25, -0.2) is 4.98 Å². The summed E-state index contributed by atoms with van der Waals surface area (Å²) in [6.45, 7) is 10.6. The molecule has 0 spiro atoms. The van der Waals surface area contributed by atoms with Gasteiger partial charge in [-0.05, 0) is 58.8 Å². The summed E-state index contributed by atoms with van der Waals surface area (Å²) in [4.78, 5) is 7.42. The Balaban J connectivity index is 1.76. The first-order valence-corrected chi connectivity index (χ1v) is 8.44. The van der Waals surface area contributed by atoms with E-state index in [1.165, 1.54) is 24.2 Å². The number of aryl methyl sites for hydroxylation is 1. The minimum absolute atomic E-state index is 0.108. The predicted molar refractivity (Wildman–Crippen MR) is 92.1 cm³/mol. The molecule has 4 nitrogen and oxygen atoms in total. The molecule has 120 valence electrons. The van der Waals surface area contributed by atoms with E-state index in [0.29, 0.717) is 5.92 Å². The molecule has 1 saturated heterocycles. The number of hydrogen-bond acceptors (Lipinski definition) is 3. The molecule has 22 heavy (non-hydrogen) atoms. The minimum atomic E-state index is -0.108. The number of piperidine rings is 1. The van der Waals surface area contributed by atoms with Crippen LogP contribution in [-0.4, -0.2) is 39.6 Å². The van der Waals surface area contributed by atoms with Gasteiger partial charge in [0.25, 0.3) is 0 Å². The molecule has 0 amide bonds. The first kappa shape index (κ1) is 15.5. The Morgan fingerprint density at radius 2 is 1.91 bits per heavy atom. The summed E-state index contributed by atoms with van der Waals surface area (Å²) in [6.07, 6.45) is 2.36. The molecule has 1 aliphatic heterocycles. The quantitative estimate of drug-likeness (QED) is 0.944. The van der Waals surface area contributed by atoms with E-state index in [2.05, 4.69) is 54.5 Å². The van der Waals surface area contributed by atoms with Crippen LogP contribution in [0, 0.1) is 0 Å². The van der Waals surface area contributed by atoms with Crippen molar-refractivity contribution in [3.05, 3.63) is 30.1 Å². The van der Waals surface area contributed by atoms with Crippen LogP contribution in [0.4, 0.5) is 0 Å². The van der Waals surface area contributed by atoms with Gasteiger partial charge in [0.2, 0.25) is 0 Å². The van der Waals surface area contributed by atoms with Crippen molar-refractivity contribution in [3.8, 4) is 0 Å². The molecule has 0 unspecified atom stereocenters. The third-order valence-electron chi connectivity index (χ3n) is 4.58. The summed E-state index contributed by atoms with van der Waals surface area (Å²) < 4.78 is 2.39. The maximum atomic E-state index is 6.15. The van der Waals surface area contributed by atoms with E-state index in [-0.39, 0.29) is 5.54 Å². The molecule has 1 aromatic heterocycles. The van der Waals surface area contributed by atoms with Crippen LogP contribution in [0.15, 0.2) is 24.3 Å². The van der Waals surface area contributed by atoms with Crippen molar-refractivity contribution in [1.82, 2.24) is 14.5 Å². The third-order valence-corrected chi connectivity index (χ3v) is 4.58. The summed E-state index contributed by atoms with van der Waals surface area (Å²) >= 11 is 0. The highest BCUT2D eigenvalue weighted by molar-refractivity contribution is 5.76. The van der Waals surface area contributed by atoms with Crippen LogP contribution >= 0.6 is 0 Å². The SMILES string of the molecule is CCn1c(C2CCN(CC(C)(C)N)CC2)nc2ccccc21. The smallest absolute Gasteiger partial charge is 0.113 e. The van der Waals surface area contributed by atoms with E-state index in [1.54, 1.807) is 0 Å². The molecule has 0 atom stereocenters. The number of aromatic nitrogens is 2. The number of imidazole rings is 1. The first-order valence-electron chi connectivity index (χ1n) is 8.44. The molecule has 4 heteroatoms. The summed E-state index contributed by atoms with van der Waals surface area (Å²) in [6, 6.07) is 8.48. The van der Waals surface area contributed by atoms with Crippen LogP contribution in [0.5, 0.6) is 0 Å². The Kier molecular flexibility index (Phi) is 4.24. The number of nitrogens with two attached hydrogens (primary N) is 1. The Morgan fingerprint density at radius 1 is 1.23 bits per heavy atom. The average Bonchev–Trinajstić information content (AvgIpc) is 2.85. The highest BCUT2D eigenvalue weighted by atomic mass is 15.2. The number of para-hydroxylation sites is 2. The van der Waals surface area contributed by atoms with Gasteiger partial charge in [0.05, 0.1) is 11.0 Å². The van der Waals surface area contributed by atoms with Gasteiger partial charge in [0.15, 0.2) is 0 Å². The second-order valence-electron chi connectivity index (χ2n) is 7.24. The van der Waals surface area contributed by atoms with Crippen LogP contribution < -0.4 is 5.73 Å². The Hall–Kier alpha value is -1.39. The zero-order valence-electron chi connectivity index (χ0n) is 14.0. The van der Waals surface area contributed by atoms with Gasteiger partial charge in [-0.15, -0.1) is 0 Å². The number of hydrogen-bond donors (Lipinski definition) is 1. The fraction of sp³-hybridized carbons (Fsp3) is 0.611. The van der Waals surface area contributed by atoms with Gasteiger partial charge in [0.1, 0.15) is 5.82 Å². The van der Waals surface area contributed by atoms with E-state index >= 15 is 0 Å². The molecule has 2 heterocycles. The van der Waals surface area contributed by atoms with Gasteiger partial charge >= 0.3 is 0 Å². The normalized spacial score (nSPS) is 18.2. The monoisotopic (exact) mass is 300 g/mol. The van der Waals surface area contributed by atoms with Gasteiger partial charge in [-0.3, -0.25) is 0 Å². The molecule has 2 N–H and O–H groups in total. The molecule has 3 rings (SSSR count). The van der Waals surface area contributed by atoms with E-state index in [9.17, 15) is 0 Å². The average molecular weight is 300 g/mol. The highest BCUT2D eigenvalue weighted by Crippen LogP contribution is 2.30. The van der Waals surface area contributed by atoms with Gasteiger partial charge < -0.3 is 15.2 Å². The van der Waals surface area contributed by atoms with Crippen molar-refractivity contribution in [2.24, 2.45) is 5.73 Å². The van der Waals surface area contributed by atoms with Crippen LogP contribution in [0.25, 0.3) is 11.0 Å². The maximum Gasteiger partial charge on any atom is 0.113 e. The Bertz CT molecular complexity index is 630. The first-order chi connectivity index (χ1) is 10.5. The van der Waals surface area contributed by atoms with Crippen LogP contribution in [-0.2, 0) is 6.54 Å². The number of rotatable bonds is 4. The van der Waals surface area contributed by atoms with Gasteiger partial charge in [-0.1, -0.05) is 12.1 Å². The fourth-order valence-electron chi connectivity index (χ4n) is 3.66. The van der Waals surface area contributed by atoms with Crippen molar-refractivity contribution in [3.63, 3.8) is 0 Å². The summed E-state index contributed by atoms with van der Waals surface area (Å²) in [5, 5.41) is 0. The number of fused-ring (bicyclic) bond motifs is 1. The molecule has 0 aliphatic carbocycles. The standard InChI is InChI=1S/C18H28N4/c1-4-22-16-8-6-5-7-15(16)20-17(22)14-9-11-21(12-10-14)13-18(2,3)19/h5-8,14H,4,9-13,19H2,1-3H3. The molecule has 0 radical (unpaired) electrons. The van der Waals surface area contributed by atoms with Crippen molar-refractivity contribution in [1.29, 1.82) is 0 Å². The zero-order chi connectivity index (χ0) is 15.7. The van der Waals surface area contributed by atoms with Crippen LogP contribution in [0.2, 0.25) is 0 Å². The van der Waals surface area contributed by atoms with Crippen molar-refractivity contribution in [2.75, 3.05) is 19.6 Å². The van der Waals surface area contributed by atoms with Gasteiger partial charge in [-0.2, -0.15) is 0 Å². The lowest BCUT2D eigenvalue weighted by molar-refractivity contribution is 0.176. The summed E-state index contributed by atoms with van der Waals surface area (Å²) in [5.74, 6) is 1.85. The lowest BCUT2D eigenvalue weighted by Crippen LogP contribution is -2.47.